The van der Waals surface area contributed by atoms with E-state index in [9.17, 15) is 13.2 Å². The van der Waals surface area contributed by atoms with E-state index in [0.717, 1.165) is 17.7 Å². The van der Waals surface area contributed by atoms with Gasteiger partial charge >= 0.3 is 6.18 Å². The second kappa shape index (κ2) is 9.05. The molecule has 1 N–H and O–H groups in total. The van der Waals surface area contributed by atoms with E-state index >= 15 is 0 Å². The van der Waals surface area contributed by atoms with Crippen LogP contribution in [0.5, 0.6) is 0 Å². The first-order valence-corrected chi connectivity index (χ1v) is 8.68. The normalized spacial score (nSPS) is 11.6. The number of hydrogen-bond acceptors (Lipinski definition) is 1. The molecule has 0 aliphatic heterocycles. The largest absolute Gasteiger partial charge is 0.416 e. The monoisotopic (exact) mass is 398 g/mol. The van der Waals surface area contributed by atoms with Crippen LogP contribution in [0.3, 0.4) is 0 Å². The van der Waals surface area contributed by atoms with Crippen molar-refractivity contribution in [2.45, 2.75) is 19.6 Å². The zero-order valence-corrected chi connectivity index (χ0v) is 15.6. The molecule has 2 aromatic carbocycles. The van der Waals surface area contributed by atoms with Crippen molar-refractivity contribution in [3.05, 3.63) is 76.8 Å². The Kier molecular flexibility index (Phi) is 7.06. The topological polar surface area (TPSA) is 15.3 Å². The van der Waals surface area contributed by atoms with Gasteiger partial charge in [-0.1, -0.05) is 42.0 Å². The molecular weight excluding hydrogens is 381 g/mol. The lowest BCUT2D eigenvalue weighted by molar-refractivity contribution is -0.137. The third-order valence-electron chi connectivity index (χ3n) is 3.61. The van der Waals surface area contributed by atoms with Crippen LogP contribution in [0.15, 0.2) is 60.7 Å². The van der Waals surface area contributed by atoms with Crippen molar-refractivity contribution < 1.29 is 13.2 Å². The molecule has 0 amide bonds. The Bertz CT molecular complexity index is 773. The highest BCUT2D eigenvalue weighted by atomic mass is 35.5. The fraction of sp³-hybridized carbons (Fsp3) is 0.211. The minimum atomic E-state index is -4.40. The fourth-order valence-corrected chi connectivity index (χ4v) is 2.62. The maximum absolute atomic E-state index is 13.0. The zero-order valence-electron chi connectivity index (χ0n) is 14.1. The lowest BCUT2D eigenvalue weighted by Gasteiger charge is -2.25. The zero-order chi connectivity index (χ0) is 19.2. The molecule has 0 unspecified atom stereocenters. The summed E-state index contributed by atoms with van der Waals surface area (Å²) < 4.78 is 39.0. The summed E-state index contributed by atoms with van der Waals surface area (Å²) in [5.41, 5.74) is 0.638. The summed E-state index contributed by atoms with van der Waals surface area (Å²) in [6.07, 6.45) is -0.750. The van der Waals surface area contributed by atoms with Crippen molar-refractivity contribution in [3.8, 4) is 0 Å². The van der Waals surface area contributed by atoms with E-state index in [4.69, 9.17) is 23.8 Å². The van der Waals surface area contributed by atoms with Gasteiger partial charge < -0.3 is 10.2 Å². The Morgan fingerprint density at radius 2 is 1.88 bits per heavy atom. The maximum Gasteiger partial charge on any atom is 0.416 e. The highest BCUT2D eigenvalue weighted by Gasteiger charge is 2.31. The molecule has 0 aliphatic carbocycles. The Morgan fingerprint density at radius 1 is 1.19 bits per heavy atom. The first-order chi connectivity index (χ1) is 12.3. The van der Waals surface area contributed by atoms with Crippen LogP contribution in [0.4, 0.5) is 18.9 Å². The molecular formula is C19H18ClF3N2S. The summed E-state index contributed by atoms with van der Waals surface area (Å²) in [7, 11) is 0. The Hall–Kier alpha value is -2.05. The first kappa shape index (κ1) is 20.3. The number of nitrogens with zero attached hydrogens (tertiary/aromatic N) is 1. The highest BCUT2D eigenvalue weighted by Crippen LogP contribution is 2.31. The summed E-state index contributed by atoms with van der Waals surface area (Å²) >= 11 is 11.3. The van der Waals surface area contributed by atoms with Crippen LogP contribution in [0, 0.1) is 0 Å². The van der Waals surface area contributed by atoms with Gasteiger partial charge in [0.2, 0.25) is 0 Å². The lowest BCUT2D eigenvalue weighted by Crippen LogP contribution is -2.39. The van der Waals surface area contributed by atoms with E-state index < -0.39 is 11.7 Å². The molecule has 138 valence electrons. The van der Waals surface area contributed by atoms with Crippen LogP contribution < -0.4 is 10.2 Å². The lowest BCUT2D eigenvalue weighted by atomic mass is 10.2. The van der Waals surface area contributed by atoms with Crippen molar-refractivity contribution >= 4 is 34.6 Å². The van der Waals surface area contributed by atoms with Crippen LogP contribution in [0.1, 0.15) is 18.1 Å². The van der Waals surface area contributed by atoms with Crippen molar-refractivity contribution in [1.82, 2.24) is 5.32 Å². The Labute approximate surface area is 161 Å². The third-order valence-corrected chi connectivity index (χ3v) is 4.23. The van der Waals surface area contributed by atoms with E-state index in [1.54, 1.807) is 23.1 Å². The average molecular weight is 399 g/mol. The van der Waals surface area contributed by atoms with Crippen molar-refractivity contribution in [1.29, 1.82) is 0 Å². The van der Waals surface area contributed by atoms with Crippen molar-refractivity contribution in [2.75, 3.05) is 11.4 Å². The van der Waals surface area contributed by atoms with Gasteiger partial charge in [0, 0.05) is 23.8 Å². The molecule has 0 saturated heterocycles. The highest BCUT2D eigenvalue weighted by molar-refractivity contribution is 7.80. The average Bonchev–Trinajstić information content (AvgIpc) is 2.61. The molecule has 26 heavy (non-hydrogen) atoms. The quantitative estimate of drug-likeness (QED) is 0.505. The standard InChI is InChI=1S/C19H18ClF3N2S/c1-2-3-11-25(17-6-4-5-15(12-17)19(21,22)23)18(26)24-13-14-7-9-16(20)10-8-14/h2-10,12H,11,13H2,1H3,(H,24,26). The van der Waals surface area contributed by atoms with Crippen LogP contribution in [-0.2, 0) is 12.7 Å². The van der Waals surface area contributed by atoms with Crippen LogP contribution in [0.2, 0.25) is 5.02 Å². The molecule has 0 aromatic heterocycles. The van der Waals surface area contributed by atoms with E-state index in [0.29, 0.717) is 28.9 Å². The number of alkyl halides is 3. The Morgan fingerprint density at radius 3 is 2.50 bits per heavy atom. The number of halogens is 4. The molecule has 0 aliphatic rings. The smallest absolute Gasteiger partial charge is 0.358 e. The van der Waals surface area contributed by atoms with Crippen LogP contribution in [-0.4, -0.2) is 11.7 Å². The molecule has 0 fully saturated rings. The van der Waals surface area contributed by atoms with Gasteiger partial charge in [0.1, 0.15) is 0 Å². The second-order valence-electron chi connectivity index (χ2n) is 5.51. The summed E-state index contributed by atoms with van der Waals surface area (Å²) in [6.45, 7) is 2.65. The molecule has 0 atom stereocenters. The number of rotatable bonds is 5. The van der Waals surface area contributed by atoms with E-state index in [1.807, 2.05) is 31.2 Å². The van der Waals surface area contributed by atoms with E-state index in [2.05, 4.69) is 5.32 Å². The second-order valence-corrected chi connectivity index (χ2v) is 6.34. The predicted octanol–water partition coefficient (Wildman–Crippen LogP) is 5.82. The van der Waals surface area contributed by atoms with Crippen LogP contribution >= 0.6 is 23.8 Å². The number of hydrogen-bond donors (Lipinski definition) is 1. The summed E-state index contributed by atoms with van der Waals surface area (Å²) in [5, 5.41) is 4.06. The van der Waals surface area contributed by atoms with Gasteiger partial charge in [-0.05, 0) is 55.0 Å². The number of benzene rings is 2. The minimum absolute atomic E-state index is 0.345. The number of allylic oxidation sites excluding steroid dienone is 1. The molecule has 0 spiro atoms. The third kappa shape index (κ3) is 5.75. The van der Waals surface area contributed by atoms with E-state index in [1.165, 1.54) is 6.07 Å². The van der Waals surface area contributed by atoms with Crippen molar-refractivity contribution in [2.24, 2.45) is 0 Å². The van der Waals surface area contributed by atoms with E-state index in [-0.39, 0.29) is 0 Å². The molecule has 0 radical (unpaired) electrons. The van der Waals surface area contributed by atoms with Gasteiger partial charge in [0.15, 0.2) is 5.11 Å². The summed E-state index contributed by atoms with van der Waals surface area (Å²) in [4.78, 5) is 1.63. The molecule has 7 heteroatoms. The maximum atomic E-state index is 13.0. The van der Waals surface area contributed by atoms with Gasteiger partial charge in [-0.3, -0.25) is 0 Å². The van der Waals surface area contributed by atoms with Crippen LogP contribution in [0.25, 0.3) is 0 Å². The van der Waals surface area contributed by atoms with Gasteiger partial charge in [-0.25, -0.2) is 0 Å². The SMILES string of the molecule is CC=CCN(C(=S)NCc1ccc(Cl)cc1)c1cccc(C(F)(F)F)c1. The summed E-state index contributed by atoms with van der Waals surface area (Å²) in [6, 6.07) is 12.4. The predicted molar refractivity (Wildman–Crippen MR) is 104 cm³/mol. The Balaban J connectivity index is 2.18. The molecule has 0 saturated carbocycles. The number of anilines is 1. The van der Waals surface area contributed by atoms with Gasteiger partial charge in [-0.15, -0.1) is 0 Å². The molecule has 0 bridgehead atoms. The molecule has 0 heterocycles. The number of nitrogens with one attached hydrogen (secondary N) is 1. The molecule has 2 aromatic rings. The summed E-state index contributed by atoms with van der Waals surface area (Å²) in [5.74, 6) is 0. The minimum Gasteiger partial charge on any atom is -0.358 e. The van der Waals surface area contributed by atoms with Gasteiger partial charge in [0.05, 0.1) is 5.56 Å². The first-order valence-electron chi connectivity index (χ1n) is 7.89. The van der Waals surface area contributed by atoms with Gasteiger partial charge in [0.25, 0.3) is 0 Å². The molecule has 2 nitrogen and oxygen atoms in total. The van der Waals surface area contributed by atoms with Crippen molar-refractivity contribution in [3.63, 3.8) is 0 Å². The van der Waals surface area contributed by atoms with Gasteiger partial charge in [-0.2, -0.15) is 13.2 Å². The molecule has 2 rings (SSSR count). The number of thiocarbonyl (C=S) groups is 1. The fourth-order valence-electron chi connectivity index (χ4n) is 2.24.